The second-order valence-corrected chi connectivity index (χ2v) is 5.87. The van der Waals surface area contributed by atoms with Crippen LogP contribution in [0.2, 0.25) is 0 Å². The van der Waals surface area contributed by atoms with Crippen LogP contribution in [0.3, 0.4) is 0 Å². The Bertz CT molecular complexity index is 453. The Labute approximate surface area is 121 Å². The monoisotopic (exact) mass is 328 g/mol. The minimum Gasteiger partial charge on any atom is -0.389 e. The molecule has 5 heteroatoms. The minimum atomic E-state index is 0.267. The van der Waals surface area contributed by atoms with Crippen LogP contribution in [0, 0.1) is 0 Å². The molecule has 1 aromatic carbocycles. The number of thiocarbonyl (C=S) groups is 1. The zero-order chi connectivity index (χ0) is 13.1. The van der Waals surface area contributed by atoms with Crippen molar-refractivity contribution in [3.8, 4) is 0 Å². The summed E-state index contributed by atoms with van der Waals surface area (Å²) in [5.41, 5.74) is 7.61. The summed E-state index contributed by atoms with van der Waals surface area (Å²) in [5, 5.41) is 3.51. The highest BCUT2D eigenvalue weighted by molar-refractivity contribution is 9.10. The van der Waals surface area contributed by atoms with Crippen LogP contribution in [0.25, 0.3) is 0 Å². The molecule has 0 amide bonds. The Morgan fingerprint density at radius 2 is 2.28 bits per heavy atom. The lowest BCUT2D eigenvalue weighted by Crippen LogP contribution is -2.30. The van der Waals surface area contributed by atoms with Gasteiger partial charge in [0.2, 0.25) is 0 Å². The molecule has 0 aromatic heterocycles. The fourth-order valence-corrected chi connectivity index (χ4v) is 2.96. The zero-order valence-electron chi connectivity index (χ0n) is 10.3. The molecule has 0 radical (unpaired) electrons. The van der Waals surface area contributed by atoms with E-state index in [4.69, 9.17) is 22.7 Å². The van der Waals surface area contributed by atoms with E-state index in [-0.39, 0.29) is 6.10 Å². The van der Waals surface area contributed by atoms with Gasteiger partial charge in [-0.1, -0.05) is 28.1 Å². The van der Waals surface area contributed by atoms with E-state index in [0.717, 1.165) is 28.6 Å². The standard InChI is InChI=1S/C13H17BrN2OS/c1-17-12-4-2-3-10(12)16-11-7-8(14)5-6-9(11)13(15)18/h5-7,10,12,16H,2-4H2,1H3,(H2,15,18). The van der Waals surface area contributed by atoms with Crippen LogP contribution >= 0.6 is 28.1 Å². The van der Waals surface area contributed by atoms with Gasteiger partial charge in [0.05, 0.1) is 12.1 Å². The van der Waals surface area contributed by atoms with Crippen LogP contribution in [0.15, 0.2) is 22.7 Å². The third-order valence-electron chi connectivity index (χ3n) is 3.34. The number of benzene rings is 1. The van der Waals surface area contributed by atoms with E-state index in [1.807, 2.05) is 18.2 Å². The molecule has 1 aliphatic carbocycles. The van der Waals surface area contributed by atoms with Gasteiger partial charge in [0.1, 0.15) is 4.99 Å². The zero-order valence-corrected chi connectivity index (χ0v) is 12.7. The maximum Gasteiger partial charge on any atom is 0.106 e. The number of anilines is 1. The first-order chi connectivity index (χ1) is 8.61. The highest BCUT2D eigenvalue weighted by Gasteiger charge is 2.27. The van der Waals surface area contributed by atoms with Gasteiger partial charge in [-0.25, -0.2) is 0 Å². The molecule has 18 heavy (non-hydrogen) atoms. The van der Waals surface area contributed by atoms with Crippen LogP contribution in [0.4, 0.5) is 5.69 Å². The summed E-state index contributed by atoms with van der Waals surface area (Å²) in [6, 6.07) is 6.23. The van der Waals surface area contributed by atoms with Crippen LogP contribution < -0.4 is 11.1 Å². The molecule has 0 heterocycles. The van der Waals surface area contributed by atoms with Gasteiger partial charge < -0.3 is 15.8 Å². The Morgan fingerprint density at radius 1 is 1.50 bits per heavy atom. The molecule has 1 saturated carbocycles. The molecule has 0 spiro atoms. The molecule has 2 rings (SSSR count). The lowest BCUT2D eigenvalue weighted by molar-refractivity contribution is 0.101. The second-order valence-electron chi connectivity index (χ2n) is 4.51. The van der Waals surface area contributed by atoms with E-state index in [9.17, 15) is 0 Å². The molecular formula is C13H17BrN2OS. The number of nitrogens with two attached hydrogens (primary N) is 1. The molecule has 0 aliphatic heterocycles. The maximum atomic E-state index is 5.75. The molecule has 1 aliphatic rings. The second kappa shape index (κ2) is 5.99. The fraction of sp³-hybridized carbons (Fsp3) is 0.462. The first kappa shape index (κ1) is 13.8. The van der Waals surface area contributed by atoms with Gasteiger partial charge in [0.25, 0.3) is 0 Å². The summed E-state index contributed by atoms with van der Waals surface area (Å²) in [6.07, 6.45) is 3.67. The average molecular weight is 329 g/mol. The maximum absolute atomic E-state index is 5.75. The van der Waals surface area contributed by atoms with Gasteiger partial charge in [-0.3, -0.25) is 0 Å². The molecule has 0 saturated heterocycles. The minimum absolute atomic E-state index is 0.267. The van der Waals surface area contributed by atoms with Crippen molar-refractivity contribution >= 4 is 38.8 Å². The van der Waals surface area contributed by atoms with Crippen molar-refractivity contribution in [1.29, 1.82) is 0 Å². The predicted molar refractivity (Wildman–Crippen MR) is 82.1 cm³/mol. The normalized spacial score (nSPS) is 23.0. The highest BCUT2D eigenvalue weighted by atomic mass is 79.9. The molecule has 0 bridgehead atoms. The van der Waals surface area contributed by atoms with Crippen LogP contribution in [-0.2, 0) is 4.74 Å². The van der Waals surface area contributed by atoms with Crippen LogP contribution in [0.5, 0.6) is 0 Å². The molecule has 98 valence electrons. The smallest absolute Gasteiger partial charge is 0.106 e. The van der Waals surface area contributed by atoms with Gasteiger partial charge in [-0.05, 0) is 37.5 Å². The number of hydrogen-bond acceptors (Lipinski definition) is 3. The number of hydrogen-bond donors (Lipinski definition) is 2. The first-order valence-corrected chi connectivity index (χ1v) is 7.20. The van der Waals surface area contributed by atoms with E-state index < -0.39 is 0 Å². The number of methoxy groups -OCH3 is 1. The molecular weight excluding hydrogens is 312 g/mol. The quantitative estimate of drug-likeness (QED) is 0.834. The van der Waals surface area contributed by atoms with Crippen molar-refractivity contribution < 1.29 is 4.74 Å². The third-order valence-corrected chi connectivity index (χ3v) is 4.06. The molecule has 1 fully saturated rings. The molecule has 1 aromatic rings. The van der Waals surface area contributed by atoms with E-state index >= 15 is 0 Å². The molecule has 3 nitrogen and oxygen atoms in total. The van der Waals surface area contributed by atoms with Gasteiger partial charge in [0.15, 0.2) is 0 Å². The van der Waals surface area contributed by atoms with Crippen molar-refractivity contribution in [2.45, 2.75) is 31.4 Å². The van der Waals surface area contributed by atoms with Crippen LogP contribution in [0.1, 0.15) is 24.8 Å². The Morgan fingerprint density at radius 3 is 2.94 bits per heavy atom. The molecule has 2 atom stereocenters. The van der Waals surface area contributed by atoms with Gasteiger partial charge in [0, 0.05) is 22.8 Å². The first-order valence-electron chi connectivity index (χ1n) is 6.00. The summed E-state index contributed by atoms with van der Waals surface area (Å²) >= 11 is 8.55. The molecule has 2 unspecified atom stereocenters. The van der Waals surface area contributed by atoms with Gasteiger partial charge >= 0.3 is 0 Å². The summed E-state index contributed by atoms with van der Waals surface area (Å²) in [4.78, 5) is 0.414. The fourth-order valence-electron chi connectivity index (χ4n) is 2.42. The molecule has 3 N–H and O–H groups in total. The van der Waals surface area contributed by atoms with Crippen molar-refractivity contribution in [3.05, 3.63) is 28.2 Å². The third kappa shape index (κ3) is 3.02. The van der Waals surface area contributed by atoms with Crippen molar-refractivity contribution in [1.82, 2.24) is 0 Å². The largest absolute Gasteiger partial charge is 0.389 e. The van der Waals surface area contributed by atoms with Crippen molar-refractivity contribution in [2.75, 3.05) is 12.4 Å². The SMILES string of the molecule is COC1CCCC1Nc1cc(Br)ccc1C(N)=S. The Balaban J connectivity index is 2.22. The number of halogens is 1. The number of nitrogens with one attached hydrogen (secondary N) is 1. The van der Waals surface area contributed by atoms with Crippen molar-refractivity contribution in [2.24, 2.45) is 5.73 Å². The van der Waals surface area contributed by atoms with E-state index in [1.165, 1.54) is 6.42 Å². The number of rotatable bonds is 4. The topological polar surface area (TPSA) is 47.3 Å². The lowest BCUT2D eigenvalue weighted by atomic mass is 10.1. The van der Waals surface area contributed by atoms with E-state index in [2.05, 4.69) is 21.2 Å². The summed E-state index contributed by atoms with van der Waals surface area (Å²) in [6.45, 7) is 0. The lowest BCUT2D eigenvalue weighted by Gasteiger charge is -2.22. The Kier molecular flexibility index (Phi) is 4.59. The summed E-state index contributed by atoms with van der Waals surface area (Å²) in [5.74, 6) is 0. The summed E-state index contributed by atoms with van der Waals surface area (Å²) < 4.78 is 6.50. The van der Waals surface area contributed by atoms with Crippen molar-refractivity contribution in [3.63, 3.8) is 0 Å². The Hall–Kier alpha value is -0.650. The number of ether oxygens (including phenoxy) is 1. The van der Waals surface area contributed by atoms with Gasteiger partial charge in [-0.2, -0.15) is 0 Å². The van der Waals surface area contributed by atoms with E-state index in [1.54, 1.807) is 7.11 Å². The average Bonchev–Trinajstić information content (AvgIpc) is 2.76. The predicted octanol–water partition coefficient (Wildman–Crippen LogP) is 3.06. The van der Waals surface area contributed by atoms with Gasteiger partial charge in [-0.15, -0.1) is 0 Å². The summed E-state index contributed by atoms with van der Waals surface area (Å²) in [7, 11) is 1.76. The van der Waals surface area contributed by atoms with Crippen LogP contribution in [-0.4, -0.2) is 24.2 Å². The highest BCUT2D eigenvalue weighted by Crippen LogP contribution is 2.28. The van der Waals surface area contributed by atoms with E-state index in [0.29, 0.717) is 11.0 Å².